The number of benzene rings is 5. The fraction of sp³-hybridized carbons (Fsp3) is 0.167. The molecule has 0 fully saturated rings. The van der Waals surface area contributed by atoms with Crippen LogP contribution in [0.5, 0.6) is 5.75 Å². The third kappa shape index (κ3) is 13.4. The van der Waals surface area contributed by atoms with Gasteiger partial charge in [0, 0.05) is 6.54 Å². The van der Waals surface area contributed by atoms with Gasteiger partial charge in [0.1, 0.15) is 10.6 Å². The van der Waals surface area contributed by atoms with E-state index in [1.807, 2.05) is 50.3 Å². The van der Waals surface area contributed by atoms with Gasteiger partial charge in [0.05, 0.1) is 9.79 Å². The van der Waals surface area contributed by atoms with E-state index in [0.717, 1.165) is 18.7 Å². The third-order valence-corrected chi connectivity index (χ3v) is 8.98. The normalized spacial score (nSPS) is 10.5. The minimum atomic E-state index is -3.71. The second-order valence-corrected chi connectivity index (χ2v) is 13.3. The van der Waals surface area contributed by atoms with Crippen LogP contribution in [0, 0.1) is 6.07 Å². The summed E-state index contributed by atoms with van der Waals surface area (Å²) in [5.74, 6) is 0.311. The molecule has 0 saturated carbocycles. The van der Waals surface area contributed by atoms with Crippen molar-refractivity contribution in [3.05, 3.63) is 157 Å². The van der Waals surface area contributed by atoms with Crippen LogP contribution in [-0.2, 0) is 33.0 Å². The quantitative estimate of drug-likeness (QED) is 0.147. The summed E-state index contributed by atoms with van der Waals surface area (Å²) in [4.78, 5) is 2.86. The Balaban J connectivity index is 0.000000357. The van der Waals surface area contributed by atoms with Crippen molar-refractivity contribution in [2.24, 2.45) is 0 Å². The van der Waals surface area contributed by atoms with Crippen molar-refractivity contribution in [1.29, 1.82) is 0 Å². The van der Waals surface area contributed by atoms with Crippen LogP contribution in [0.1, 0.15) is 18.6 Å². The Hall–Kier alpha value is -3.68. The molecule has 0 aliphatic carbocycles. The maximum atomic E-state index is 12.4. The molecule has 0 heterocycles. The maximum Gasteiger partial charge on any atom is 1.00 e. The zero-order valence-corrected chi connectivity index (χ0v) is 27.6. The van der Waals surface area contributed by atoms with Crippen molar-refractivity contribution in [2.75, 3.05) is 21.1 Å². The van der Waals surface area contributed by atoms with Crippen LogP contribution >= 0.6 is 0 Å². The number of hydrogen-bond acceptors (Lipinski definition) is 7. The van der Waals surface area contributed by atoms with Gasteiger partial charge in [-0.1, -0.05) is 74.2 Å². The van der Waals surface area contributed by atoms with Crippen molar-refractivity contribution in [3.8, 4) is 5.75 Å². The Kier molecular flexibility index (Phi) is 17.9. The first-order valence-electron chi connectivity index (χ1n) is 13.8. The largest absolute Gasteiger partial charge is 1.00 e. The second kappa shape index (κ2) is 20.4. The SMILES string of the molecule is C.CN(C)Cc1ccc(S(=O)(=O)c2ccccc2)cc1.CNCc1cc[c-]cc1.O=S(=O)(Oc1ccccc1)c1ccccc1.[Li+]. The van der Waals surface area contributed by atoms with Gasteiger partial charge in [0.2, 0.25) is 9.84 Å². The van der Waals surface area contributed by atoms with E-state index in [9.17, 15) is 16.8 Å². The number of para-hydroxylation sites is 1. The summed E-state index contributed by atoms with van der Waals surface area (Å²) < 4.78 is 53.2. The first-order chi connectivity index (χ1) is 21.1. The number of hydrogen-bond donors (Lipinski definition) is 1. The van der Waals surface area contributed by atoms with E-state index in [4.69, 9.17) is 4.18 Å². The van der Waals surface area contributed by atoms with Gasteiger partial charge in [0.25, 0.3) is 0 Å². The molecule has 5 aromatic carbocycles. The molecule has 5 aromatic rings. The molecular formula is C36H41LiN2O5S2. The van der Waals surface area contributed by atoms with Crippen molar-refractivity contribution in [3.63, 3.8) is 0 Å². The van der Waals surface area contributed by atoms with Crippen molar-refractivity contribution in [2.45, 2.75) is 35.2 Å². The number of rotatable bonds is 9. The average molecular weight is 653 g/mol. The molecule has 0 spiro atoms. The standard InChI is InChI=1S/C15H17NO2S.C12H10O3S.C8H10N.CH4.Li/c1-16(2)12-13-8-10-15(11-9-13)19(17,18)14-6-4-3-5-7-14;13-16(14,12-9-5-2-6-10-12)15-11-7-3-1-4-8-11;1-9-7-8-5-3-2-4-6-8;;/h3-11H,12H2,1-2H3;1-10H;3-6,9H,7H2,1H3;1H4;/q;;-1;;+1. The average Bonchev–Trinajstić information content (AvgIpc) is 3.04. The van der Waals surface area contributed by atoms with E-state index in [1.54, 1.807) is 91.0 Å². The number of sulfone groups is 1. The summed E-state index contributed by atoms with van der Waals surface area (Å²) in [7, 11) is -1.21. The Morgan fingerprint density at radius 1 is 0.630 bits per heavy atom. The summed E-state index contributed by atoms with van der Waals surface area (Å²) in [6, 6.07) is 42.9. The van der Waals surface area contributed by atoms with E-state index in [2.05, 4.69) is 23.5 Å². The number of nitrogens with zero attached hydrogens (tertiary/aromatic N) is 1. The van der Waals surface area contributed by atoms with Crippen LogP contribution < -0.4 is 28.4 Å². The van der Waals surface area contributed by atoms with Crippen LogP contribution in [-0.4, -0.2) is 42.9 Å². The van der Waals surface area contributed by atoms with Crippen LogP contribution in [0.25, 0.3) is 0 Å². The van der Waals surface area contributed by atoms with Gasteiger partial charge in [-0.25, -0.2) is 8.42 Å². The Bertz CT molecular complexity index is 1740. The van der Waals surface area contributed by atoms with E-state index >= 15 is 0 Å². The van der Waals surface area contributed by atoms with Crippen molar-refractivity contribution >= 4 is 20.0 Å². The van der Waals surface area contributed by atoms with Crippen LogP contribution in [0.3, 0.4) is 0 Å². The molecule has 0 aliphatic heterocycles. The fourth-order valence-corrected chi connectivity index (χ4v) is 6.09. The molecule has 0 atom stereocenters. The van der Waals surface area contributed by atoms with Gasteiger partial charge in [-0.15, -0.1) is 5.56 Å². The Morgan fingerprint density at radius 2 is 1.09 bits per heavy atom. The molecule has 0 bridgehead atoms. The molecular weight excluding hydrogens is 611 g/mol. The minimum Gasteiger partial charge on any atom is -0.379 e. The van der Waals surface area contributed by atoms with Gasteiger partial charge < -0.3 is 14.4 Å². The summed E-state index contributed by atoms with van der Waals surface area (Å²) >= 11 is 0. The zero-order chi connectivity index (χ0) is 31.8. The molecule has 0 radical (unpaired) electrons. The van der Waals surface area contributed by atoms with Crippen LogP contribution in [0.4, 0.5) is 0 Å². The summed E-state index contributed by atoms with van der Waals surface area (Å²) in [6.07, 6.45) is 0. The van der Waals surface area contributed by atoms with E-state index in [-0.39, 0.29) is 31.2 Å². The molecule has 238 valence electrons. The molecule has 10 heteroatoms. The monoisotopic (exact) mass is 652 g/mol. The molecule has 0 aromatic heterocycles. The first-order valence-corrected chi connectivity index (χ1v) is 16.7. The molecule has 7 nitrogen and oxygen atoms in total. The van der Waals surface area contributed by atoms with Gasteiger partial charge in [-0.05, 0) is 81.8 Å². The van der Waals surface area contributed by atoms with E-state index < -0.39 is 20.0 Å². The molecule has 0 saturated heterocycles. The van der Waals surface area contributed by atoms with Gasteiger partial charge in [0.15, 0.2) is 0 Å². The third-order valence-electron chi connectivity index (χ3n) is 5.94. The topological polar surface area (TPSA) is 92.8 Å². The van der Waals surface area contributed by atoms with Crippen molar-refractivity contribution in [1.82, 2.24) is 10.2 Å². The van der Waals surface area contributed by atoms with Crippen LogP contribution in [0.15, 0.2) is 154 Å². The molecule has 0 unspecified atom stereocenters. The van der Waals surface area contributed by atoms with Gasteiger partial charge >= 0.3 is 29.0 Å². The summed E-state index contributed by atoms with van der Waals surface area (Å²) in [5.41, 5.74) is 2.40. The molecule has 46 heavy (non-hydrogen) atoms. The van der Waals surface area contributed by atoms with E-state index in [1.165, 1.54) is 17.7 Å². The summed E-state index contributed by atoms with van der Waals surface area (Å²) in [5, 5.41) is 3.07. The van der Waals surface area contributed by atoms with E-state index in [0.29, 0.717) is 15.5 Å². The van der Waals surface area contributed by atoms with Gasteiger partial charge in [-0.2, -0.15) is 38.7 Å². The molecule has 5 rings (SSSR count). The first kappa shape index (κ1) is 40.3. The zero-order valence-electron chi connectivity index (χ0n) is 26.0. The molecule has 0 amide bonds. The smallest absolute Gasteiger partial charge is 0.379 e. The summed E-state index contributed by atoms with van der Waals surface area (Å²) in [6.45, 7) is 1.74. The van der Waals surface area contributed by atoms with Gasteiger partial charge in [-0.3, -0.25) is 0 Å². The predicted molar refractivity (Wildman–Crippen MR) is 181 cm³/mol. The second-order valence-electron chi connectivity index (χ2n) is 9.80. The minimum absolute atomic E-state index is 0. The van der Waals surface area contributed by atoms with Crippen molar-refractivity contribution < 1.29 is 39.9 Å². The van der Waals surface area contributed by atoms with Crippen LogP contribution in [0.2, 0.25) is 0 Å². The molecule has 0 aliphatic rings. The predicted octanol–water partition coefficient (Wildman–Crippen LogP) is 3.88. The fourth-order valence-electron chi connectivity index (χ4n) is 3.86. The number of nitrogens with one attached hydrogen (secondary N) is 1. The Morgan fingerprint density at radius 3 is 1.57 bits per heavy atom. The Labute approximate surface area is 287 Å². The molecule has 1 N–H and O–H groups in total. The maximum absolute atomic E-state index is 12.4.